The Morgan fingerprint density at radius 2 is 1.74 bits per heavy atom. The van der Waals surface area contributed by atoms with E-state index in [1.165, 1.54) is 21.9 Å². The predicted molar refractivity (Wildman–Crippen MR) is 111 cm³/mol. The van der Waals surface area contributed by atoms with E-state index in [2.05, 4.69) is 24.1 Å². The molecule has 0 aliphatic carbocycles. The summed E-state index contributed by atoms with van der Waals surface area (Å²) < 4.78 is 1.49. The number of para-hydroxylation sites is 1. The average molecular weight is 382 g/mol. The van der Waals surface area contributed by atoms with E-state index in [1.54, 1.807) is 13.1 Å². The Morgan fingerprint density at radius 1 is 1.07 bits per heavy atom. The molecule has 0 fully saturated rings. The first-order chi connectivity index (χ1) is 12.9. The number of hydrogen-bond acceptors (Lipinski definition) is 4. The molecule has 1 unspecified atom stereocenters. The predicted octanol–water partition coefficient (Wildman–Crippen LogP) is 4.18. The standard InChI is InChI=1S/C21H23N3O2S/c1-13(2)15-9-11-16(12-10-15)22-19(25)14(3)27-21-23-18-8-6-5-7-17(18)20(26)24(21)4/h5-14H,1-4H3,(H,22,25). The van der Waals surface area contributed by atoms with Gasteiger partial charge in [-0.15, -0.1) is 0 Å². The van der Waals surface area contributed by atoms with Gasteiger partial charge in [0.05, 0.1) is 16.2 Å². The van der Waals surface area contributed by atoms with Crippen LogP contribution in [0.25, 0.3) is 10.9 Å². The molecule has 6 heteroatoms. The fourth-order valence-corrected chi connectivity index (χ4v) is 3.58. The Kier molecular flexibility index (Phi) is 5.65. The SMILES string of the molecule is CC(Sc1nc2ccccc2c(=O)n1C)C(=O)Nc1ccc(C(C)C)cc1. The molecule has 0 radical (unpaired) electrons. The van der Waals surface area contributed by atoms with E-state index in [-0.39, 0.29) is 11.5 Å². The van der Waals surface area contributed by atoms with Gasteiger partial charge in [-0.2, -0.15) is 0 Å². The number of thioether (sulfide) groups is 1. The van der Waals surface area contributed by atoms with E-state index in [9.17, 15) is 9.59 Å². The van der Waals surface area contributed by atoms with Gasteiger partial charge in [0.1, 0.15) is 0 Å². The van der Waals surface area contributed by atoms with E-state index >= 15 is 0 Å². The van der Waals surface area contributed by atoms with Crippen molar-refractivity contribution in [3.63, 3.8) is 0 Å². The maximum atomic E-state index is 12.5. The zero-order valence-electron chi connectivity index (χ0n) is 15.9. The number of fused-ring (bicyclic) bond motifs is 1. The van der Waals surface area contributed by atoms with Crippen LogP contribution >= 0.6 is 11.8 Å². The topological polar surface area (TPSA) is 64.0 Å². The van der Waals surface area contributed by atoms with Crippen LogP contribution in [-0.4, -0.2) is 20.7 Å². The molecule has 2 aromatic carbocycles. The van der Waals surface area contributed by atoms with Crippen molar-refractivity contribution in [1.82, 2.24) is 9.55 Å². The van der Waals surface area contributed by atoms with Crippen molar-refractivity contribution in [2.24, 2.45) is 7.05 Å². The van der Waals surface area contributed by atoms with Gasteiger partial charge in [0.25, 0.3) is 5.56 Å². The summed E-state index contributed by atoms with van der Waals surface area (Å²) >= 11 is 1.27. The summed E-state index contributed by atoms with van der Waals surface area (Å²) in [4.78, 5) is 29.6. The highest BCUT2D eigenvalue weighted by atomic mass is 32.2. The van der Waals surface area contributed by atoms with Crippen LogP contribution < -0.4 is 10.9 Å². The molecule has 3 rings (SSSR count). The molecule has 5 nitrogen and oxygen atoms in total. The summed E-state index contributed by atoms with van der Waals surface area (Å²) in [5.41, 5.74) is 2.52. The molecular formula is C21H23N3O2S. The zero-order chi connectivity index (χ0) is 19.6. The quantitative estimate of drug-likeness (QED) is 0.532. The van der Waals surface area contributed by atoms with Gasteiger partial charge in [0, 0.05) is 12.7 Å². The molecule has 0 aliphatic heterocycles. The van der Waals surface area contributed by atoms with Crippen molar-refractivity contribution in [3.8, 4) is 0 Å². The Labute approximate surface area is 162 Å². The van der Waals surface area contributed by atoms with Crippen LogP contribution in [0.2, 0.25) is 0 Å². The smallest absolute Gasteiger partial charge is 0.261 e. The summed E-state index contributed by atoms with van der Waals surface area (Å²) in [5, 5.41) is 3.63. The third-order valence-electron chi connectivity index (χ3n) is 4.44. The van der Waals surface area contributed by atoms with Gasteiger partial charge < -0.3 is 5.32 Å². The van der Waals surface area contributed by atoms with Gasteiger partial charge in [-0.3, -0.25) is 14.2 Å². The molecule has 1 amide bonds. The number of hydrogen-bond donors (Lipinski definition) is 1. The summed E-state index contributed by atoms with van der Waals surface area (Å²) in [7, 11) is 1.68. The van der Waals surface area contributed by atoms with Crippen LogP contribution in [-0.2, 0) is 11.8 Å². The van der Waals surface area contributed by atoms with Crippen molar-refractivity contribution >= 4 is 34.3 Å². The lowest BCUT2D eigenvalue weighted by Crippen LogP contribution is -2.25. The second kappa shape index (κ2) is 7.96. The molecule has 0 saturated heterocycles. The lowest BCUT2D eigenvalue weighted by atomic mass is 10.0. The van der Waals surface area contributed by atoms with Gasteiger partial charge >= 0.3 is 0 Å². The van der Waals surface area contributed by atoms with Gasteiger partial charge in [-0.1, -0.05) is 49.9 Å². The highest BCUT2D eigenvalue weighted by Crippen LogP contribution is 2.23. The molecule has 1 atom stereocenters. The summed E-state index contributed by atoms with van der Waals surface area (Å²) in [6, 6.07) is 15.1. The van der Waals surface area contributed by atoms with Gasteiger partial charge in [-0.25, -0.2) is 4.98 Å². The van der Waals surface area contributed by atoms with Crippen LogP contribution in [0.5, 0.6) is 0 Å². The highest BCUT2D eigenvalue weighted by Gasteiger charge is 2.18. The minimum atomic E-state index is -0.394. The molecule has 0 aliphatic rings. The Morgan fingerprint density at radius 3 is 2.41 bits per heavy atom. The first kappa shape index (κ1) is 19.2. The third-order valence-corrected chi connectivity index (χ3v) is 5.58. The number of nitrogens with zero attached hydrogens (tertiary/aromatic N) is 2. The first-order valence-electron chi connectivity index (χ1n) is 8.90. The average Bonchev–Trinajstić information content (AvgIpc) is 2.66. The fraction of sp³-hybridized carbons (Fsp3) is 0.286. The zero-order valence-corrected chi connectivity index (χ0v) is 16.7. The van der Waals surface area contributed by atoms with Gasteiger partial charge in [-0.05, 0) is 42.7 Å². The Bertz CT molecular complexity index is 1030. The maximum absolute atomic E-state index is 12.5. The molecule has 1 heterocycles. The Balaban J connectivity index is 1.75. The molecule has 140 valence electrons. The number of nitrogens with one attached hydrogen (secondary N) is 1. The van der Waals surface area contributed by atoms with Gasteiger partial charge in [0.2, 0.25) is 5.91 Å². The van der Waals surface area contributed by atoms with Crippen molar-refractivity contribution < 1.29 is 4.79 Å². The number of rotatable bonds is 5. The third kappa shape index (κ3) is 4.22. The lowest BCUT2D eigenvalue weighted by molar-refractivity contribution is -0.115. The Hall–Kier alpha value is -2.60. The minimum absolute atomic E-state index is 0.111. The number of carbonyl (C=O) groups excluding carboxylic acids is 1. The molecule has 0 bridgehead atoms. The van der Waals surface area contributed by atoms with Crippen LogP contribution in [0.15, 0.2) is 58.5 Å². The van der Waals surface area contributed by atoms with E-state index in [4.69, 9.17) is 0 Å². The number of aromatic nitrogens is 2. The van der Waals surface area contributed by atoms with Crippen LogP contribution in [0, 0.1) is 0 Å². The van der Waals surface area contributed by atoms with E-state index in [1.807, 2.05) is 49.4 Å². The van der Waals surface area contributed by atoms with E-state index < -0.39 is 5.25 Å². The van der Waals surface area contributed by atoms with Crippen LogP contribution in [0.3, 0.4) is 0 Å². The number of amides is 1. The minimum Gasteiger partial charge on any atom is -0.325 e. The molecule has 3 aromatic rings. The second-order valence-corrected chi connectivity index (χ2v) is 8.11. The summed E-state index contributed by atoms with van der Waals surface area (Å²) in [6.07, 6.45) is 0. The molecule has 1 N–H and O–H groups in total. The summed E-state index contributed by atoms with van der Waals surface area (Å²) in [6.45, 7) is 6.07. The number of anilines is 1. The lowest BCUT2D eigenvalue weighted by Gasteiger charge is -2.14. The largest absolute Gasteiger partial charge is 0.325 e. The van der Waals surface area contributed by atoms with Gasteiger partial charge in [0.15, 0.2) is 5.16 Å². The normalized spacial score (nSPS) is 12.3. The number of carbonyl (C=O) groups is 1. The molecule has 1 aromatic heterocycles. The molecule has 27 heavy (non-hydrogen) atoms. The van der Waals surface area contributed by atoms with Crippen molar-refractivity contribution in [1.29, 1.82) is 0 Å². The highest BCUT2D eigenvalue weighted by molar-refractivity contribution is 8.00. The van der Waals surface area contributed by atoms with E-state index in [0.717, 1.165) is 5.69 Å². The van der Waals surface area contributed by atoms with Crippen molar-refractivity contribution in [2.75, 3.05) is 5.32 Å². The second-order valence-electron chi connectivity index (χ2n) is 6.80. The fourth-order valence-electron chi connectivity index (χ4n) is 2.71. The van der Waals surface area contributed by atoms with Crippen molar-refractivity contribution in [2.45, 2.75) is 37.1 Å². The van der Waals surface area contributed by atoms with Crippen LogP contribution in [0.4, 0.5) is 5.69 Å². The van der Waals surface area contributed by atoms with E-state index in [0.29, 0.717) is 22.0 Å². The molecule has 0 saturated carbocycles. The monoisotopic (exact) mass is 381 g/mol. The maximum Gasteiger partial charge on any atom is 0.261 e. The first-order valence-corrected chi connectivity index (χ1v) is 9.78. The summed E-state index contributed by atoms with van der Waals surface area (Å²) in [5.74, 6) is 0.323. The molecule has 0 spiro atoms. The number of benzene rings is 2. The van der Waals surface area contributed by atoms with Crippen molar-refractivity contribution in [3.05, 3.63) is 64.4 Å². The molecular weight excluding hydrogens is 358 g/mol. The van der Waals surface area contributed by atoms with Crippen LogP contribution in [0.1, 0.15) is 32.3 Å².